The summed E-state index contributed by atoms with van der Waals surface area (Å²) in [4.78, 5) is 32.3. The van der Waals surface area contributed by atoms with Crippen molar-refractivity contribution in [2.75, 3.05) is 4.72 Å². The highest BCUT2D eigenvalue weighted by molar-refractivity contribution is 7.92. The standard InChI is InChI=1S/C12H8N4O5S/c17-10-8-6-7(2-3-9(8)15-12(18)21-10)22(19,20)16-11-13-4-1-5-14-11/h1-6H,(H,15,18)(H,13,14,16). The van der Waals surface area contributed by atoms with Crippen molar-refractivity contribution in [1.82, 2.24) is 15.0 Å². The molecule has 0 unspecified atom stereocenters. The molecule has 1 aromatic carbocycles. The van der Waals surface area contributed by atoms with Crippen molar-refractivity contribution >= 4 is 26.9 Å². The highest BCUT2D eigenvalue weighted by Crippen LogP contribution is 2.16. The normalized spacial score (nSPS) is 11.5. The lowest BCUT2D eigenvalue weighted by Crippen LogP contribution is -2.17. The first-order chi connectivity index (χ1) is 10.5. The van der Waals surface area contributed by atoms with Gasteiger partial charge < -0.3 is 4.42 Å². The molecule has 22 heavy (non-hydrogen) atoms. The number of hydrogen-bond acceptors (Lipinski definition) is 7. The van der Waals surface area contributed by atoms with Crippen LogP contribution in [-0.2, 0) is 10.0 Å². The number of nitrogens with one attached hydrogen (secondary N) is 2. The zero-order chi connectivity index (χ0) is 15.7. The molecule has 112 valence electrons. The Balaban J connectivity index is 2.10. The number of nitrogens with zero attached hydrogens (tertiary/aromatic N) is 2. The zero-order valence-corrected chi connectivity index (χ0v) is 11.6. The number of H-pyrrole nitrogens is 1. The molecular weight excluding hydrogens is 312 g/mol. The van der Waals surface area contributed by atoms with Gasteiger partial charge >= 0.3 is 11.4 Å². The molecule has 0 spiro atoms. The van der Waals surface area contributed by atoms with Gasteiger partial charge in [-0.15, -0.1) is 0 Å². The lowest BCUT2D eigenvalue weighted by atomic mass is 10.2. The van der Waals surface area contributed by atoms with E-state index in [2.05, 4.69) is 24.1 Å². The summed E-state index contributed by atoms with van der Waals surface area (Å²) in [6.07, 6.45) is 2.76. The maximum Gasteiger partial charge on any atom is 0.419 e. The van der Waals surface area contributed by atoms with Crippen LogP contribution in [0.2, 0.25) is 0 Å². The summed E-state index contributed by atoms with van der Waals surface area (Å²) in [5.41, 5.74) is -0.747. The van der Waals surface area contributed by atoms with E-state index >= 15 is 0 Å². The van der Waals surface area contributed by atoms with Crippen LogP contribution in [0.4, 0.5) is 5.95 Å². The molecule has 0 fully saturated rings. The van der Waals surface area contributed by atoms with E-state index in [-0.39, 0.29) is 21.7 Å². The minimum Gasteiger partial charge on any atom is -0.372 e. The molecule has 10 heteroatoms. The molecular formula is C12H8N4O5S. The molecule has 0 amide bonds. The smallest absolute Gasteiger partial charge is 0.372 e. The highest BCUT2D eigenvalue weighted by Gasteiger charge is 2.17. The first-order valence-corrected chi connectivity index (χ1v) is 7.41. The molecule has 0 saturated heterocycles. The summed E-state index contributed by atoms with van der Waals surface area (Å²) in [6, 6.07) is 5.18. The van der Waals surface area contributed by atoms with Gasteiger partial charge in [0.1, 0.15) is 0 Å². The zero-order valence-electron chi connectivity index (χ0n) is 10.8. The first-order valence-electron chi connectivity index (χ1n) is 5.93. The van der Waals surface area contributed by atoms with Gasteiger partial charge in [-0.3, -0.25) is 4.98 Å². The number of fused-ring (bicyclic) bond motifs is 1. The molecule has 2 N–H and O–H groups in total. The molecule has 0 bridgehead atoms. The van der Waals surface area contributed by atoms with E-state index in [1.165, 1.54) is 30.6 Å². The summed E-state index contributed by atoms with van der Waals surface area (Å²) < 4.78 is 31.0. The average Bonchev–Trinajstić information content (AvgIpc) is 2.47. The molecule has 3 rings (SSSR count). The van der Waals surface area contributed by atoms with Crippen molar-refractivity contribution in [3.63, 3.8) is 0 Å². The molecule has 0 aliphatic rings. The predicted octanol–water partition coefficient (Wildman–Crippen LogP) is 0.0721. The van der Waals surface area contributed by atoms with Crippen molar-refractivity contribution in [2.24, 2.45) is 0 Å². The number of aromatic nitrogens is 3. The Labute approximate surface area is 122 Å². The summed E-state index contributed by atoms with van der Waals surface area (Å²) in [5.74, 6) is -1.01. The van der Waals surface area contributed by atoms with Crippen molar-refractivity contribution in [2.45, 2.75) is 4.90 Å². The largest absolute Gasteiger partial charge is 0.419 e. The number of benzene rings is 1. The molecule has 0 aliphatic heterocycles. The second kappa shape index (κ2) is 5.07. The van der Waals surface area contributed by atoms with E-state index in [4.69, 9.17) is 0 Å². The minimum atomic E-state index is -3.98. The van der Waals surface area contributed by atoms with Gasteiger partial charge in [0.25, 0.3) is 10.0 Å². The van der Waals surface area contributed by atoms with Crippen molar-refractivity contribution < 1.29 is 12.8 Å². The van der Waals surface area contributed by atoms with Gasteiger partial charge in [-0.1, -0.05) is 0 Å². The van der Waals surface area contributed by atoms with Gasteiger partial charge in [0.2, 0.25) is 5.95 Å². The molecule has 0 atom stereocenters. The first kappa shape index (κ1) is 13.9. The maximum absolute atomic E-state index is 12.2. The maximum atomic E-state index is 12.2. The molecule has 9 nitrogen and oxygen atoms in total. The molecule has 0 saturated carbocycles. The molecule has 0 radical (unpaired) electrons. The number of hydrogen-bond donors (Lipinski definition) is 2. The van der Waals surface area contributed by atoms with Gasteiger partial charge in [-0.05, 0) is 24.3 Å². The van der Waals surface area contributed by atoms with Crippen LogP contribution in [0.25, 0.3) is 10.9 Å². The van der Waals surface area contributed by atoms with Crippen LogP contribution in [0.3, 0.4) is 0 Å². The van der Waals surface area contributed by atoms with Crippen LogP contribution >= 0.6 is 0 Å². The van der Waals surface area contributed by atoms with Crippen LogP contribution < -0.4 is 16.1 Å². The Morgan fingerprint density at radius 1 is 1.14 bits per heavy atom. The third-order valence-electron chi connectivity index (χ3n) is 2.73. The second-order valence-corrected chi connectivity index (χ2v) is 5.87. The predicted molar refractivity (Wildman–Crippen MR) is 75.9 cm³/mol. The van der Waals surface area contributed by atoms with Gasteiger partial charge in [0, 0.05) is 12.4 Å². The van der Waals surface area contributed by atoms with E-state index in [0.29, 0.717) is 0 Å². The van der Waals surface area contributed by atoms with Gasteiger partial charge in [-0.25, -0.2) is 32.7 Å². The second-order valence-electron chi connectivity index (χ2n) is 4.19. The van der Waals surface area contributed by atoms with E-state index in [1.54, 1.807) is 0 Å². The van der Waals surface area contributed by atoms with Gasteiger partial charge in [0.15, 0.2) is 0 Å². The van der Waals surface area contributed by atoms with E-state index in [1.807, 2.05) is 0 Å². The topological polar surface area (TPSA) is 135 Å². The molecule has 2 heterocycles. The van der Waals surface area contributed by atoms with Crippen LogP contribution in [0.15, 0.2) is 55.6 Å². The van der Waals surface area contributed by atoms with Crippen LogP contribution in [0.1, 0.15) is 0 Å². The van der Waals surface area contributed by atoms with Crippen LogP contribution in [0, 0.1) is 0 Å². The number of aromatic amines is 1. The molecule has 0 aliphatic carbocycles. The van der Waals surface area contributed by atoms with Gasteiger partial charge in [-0.2, -0.15) is 0 Å². The van der Waals surface area contributed by atoms with Crippen LogP contribution in [-0.4, -0.2) is 23.4 Å². The Morgan fingerprint density at radius 3 is 2.59 bits per heavy atom. The van der Waals surface area contributed by atoms with Crippen molar-refractivity contribution in [3.8, 4) is 0 Å². The van der Waals surface area contributed by atoms with E-state index in [9.17, 15) is 18.0 Å². The average molecular weight is 320 g/mol. The third kappa shape index (κ3) is 2.59. The summed E-state index contributed by atoms with van der Waals surface area (Å²) in [5, 5.41) is -0.0588. The fourth-order valence-corrected chi connectivity index (χ4v) is 2.76. The monoisotopic (exact) mass is 320 g/mol. The van der Waals surface area contributed by atoms with Crippen molar-refractivity contribution in [1.29, 1.82) is 0 Å². The fourth-order valence-electron chi connectivity index (χ4n) is 1.77. The Bertz CT molecular complexity index is 1060. The van der Waals surface area contributed by atoms with E-state index < -0.39 is 21.4 Å². The lowest BCUT2D eigenvalue weighted by molar-refractivity contribution is 0.460. The Kier molecular flexibility index (Phi) is 3.22. The third-order valence-corrected chi connectivity index (χ3v) is 4.06. The van der Waals surface area contributed by atoms with Gasteiger partial charge in [0.05, 0.1) is 15.8 Å². The lowest BCUT2D eigenvalue weighted by Gasteiger charge is -2.06. The number of rotatable bonds is 3. The molecule has 2 aromatic heterocycles. The SMILES string of the molecule is O=c1[nH]c2ccc(S(=O)(=O)Nc3ncccn3)cc2c(=O)o1. The quantitative estimate of drug-likeness (QED) is 0.697. The van der Waals surface area contributed by atoms with Crippen LogP contribution in [0.5, 0.6) is 0 Å². The number of anilines is 1. The number of sulfonamides is 1. The fraction of sp³-hybridized carbons (Fsp3) is 0. The van der Waals surface area contributed by atoms with Crippen molar-refractivity contribution in [3.05, 3.63) is 57.6 Å². The summed E-state index contributed by atoms with van der Waals surface area (Å²) in [6.45, 7) is 0. The molecule has 3 aromatic rings. The highest BCUT2D eigenvalue weighted by atomic mass is 32.2. The van der Waals surface area contributed by atoms with E-state index in [0.717, 1.165) is 6.07 Å². The minimum absolute atomic E-state index is 0.0588. The summed E-state index contributed by atoms with van der Waals surface area (Å²) >= 11 is 0. The Morgan fingerprint density at radius 2 is 1.86 bits per heavy atom. The summed E-state index contributed by atoms with van der Waals surface area (Å²) in [7, 11) is -3.98. The Hall–Kier alpha value is -3.01.